The average Bonchev–Trinajstić information content (AvgIpc) is 2.86. The molecule has 0 spiro atoms. The summed E-state index contributed by atoms with van der Waals surface area (Å²) in [5.74, 6) is 0. The number of aromatic nitrogens is 1. The zero-order valence-electron chi connectivity index (χ0n) is 11.2. The maximum absolute atomic E-state index is 4.36. The van der Waals surface area contributed by atoms with Gasteiger partial charge < -0.3 is 5.32 Å². The van der Waals surface area contributed by atoms with Gasteiger partial charge in [-0.3, -0.25) is 0 Å². The van der Waals surface area contributed by atoms with Gasteiger partial charge >= 0.3 is 0 Å². The van der Waals surface area contributed by atoms with Crippen LogP contribution in [-0.2, 0) is 12.8 Å². The van der Waals surface area contributed by atoms with E-state index in [0.717, 1.165) is 12.8 Å². The zero-order valence-corrected chi connectivity index (χ0v) is 12.1. The van der Waals surface area contributed by atoms with Crippen LogP contribution in [0.25, 0.3) is 0 Å². The van der Waals surface area contributed by atoms with Crippen molar-refractivity contribution >= 4 is 11.3 Å². The first kappa shape index (κ1) is 13.2. The normalized spacial score (nSPS) is 12.6. The van der Waals surface area contributed by atoms with E-state index < -0.39 is 0 Å². The molecule has 96 valence electrons. The third-order valence-corrected chi connectivity index (χ3v) is 4.17. The van der Waals surface area contributed by atoms with Gasteiger partial charge in [-0.25, -0.2) is 4.98 Å². The molecule has 2 rings (SSSR count). The van der Waals surface area contributed by atoms with Crippen molar-refractivity contribution in [2.75, 3.05) is 7.05 Å². The Labute approximate surface area is 113 Å². The molecule has 2 nitrogen and oxygen atoms in total. The summed E-state index contributed by atoms with van der Waals surface area (Å²) in [7, 11) is 2.03. The molecule has 0 amide bonds. The quantitative estimate of drug-likeness (QED) is 0.893. The molecule has 0 aliphatic rings. The van der Waals surface area contributed by atoms with Gasteiger partial charge in [-0.2, -0.15) is 0 Å². The molecule has 1 aromatic heterocycles. The second kappa shape index (κ2) is 6.12. The fraction of sp³-hybridized carbons (Fsp3) is 0.400. The molecule has 0 aliphatic heterocycles. The Morgan fingerprint density at radius 1 is 1.22 bits per heavy atom. The summed E-state index contributed by atoms with van der Waals surface area (Å²) in [6.45, 7) is 4.33. The lowest BCUT2D eigenvalue weighted by Gasteiger charge is -2.15. The molecule has 0 aliphatic carbocycles. The van der Waals surface area contributed by atoms with E-state index in [9.17, 15) is 0 Å². The van der Waals surface area contributed by atoms with Crippen LogP contribution in [0.1, 0.15) is 21.7 Å². The van der Waals surface area contributed by atoms with Gasteiger partial charge in [0.05, 0.1) is 5.01 Å². The van der Waals surface area contributed by atoms with E-state index in [1.165, 1.54) is 21.7 Å². The highest BCUT2D eigenvalue weighted by Gasteiger charge is 2.10. The number of nitrogens with zero attached hydrogens (tertiary/aromatic N) is 1. The molecule has 1 heterocycles. The van der Waals surface area contributed by atoms with Gasteiger partial charge in [-0.15, -0.1) is 11.3 Å². The van der Waals surface area contributed by atoms with Crippen LogP contribution in [0, 0.1) is 13.8 Å². The standard InChI is InChI=1S/C15H20N2S/c1-11-4-5-13(8-12(11)2)9-14(16-3)10-15-17-6-7-18-15/h4-8,14,16H,9-10H2,1-3H3. The maximum Gasteiger partial charge on any atom is 0.0940 e. The molecule has 1 unspecified atom stereocenters. The van der Waals surface area contributed by atoms with Crippen LogP contribution >= 0.6 is 11.3 Å². The molecule has 0 fully saturated rings. The van der Waals surface area contributed by atoms with Gasteiger partial charge in [-0.1, -0.05) is 18.2 Å². The van der Waals surface area contributed by atoms with Crippen molar-refractivity contribution in [2.24, 2.45) is 0 Å². The molecule has 1 aromatic carbocycles. The number of nitrogens with one attached hydrogen (secondary N) is 1. The highest BCUT2D eigenvalue weighted by Crippen LogP contribution is 2.14. The number of hydrogen-bond donors (Lipinski definition) is 1. The molecule has 0 saturated carbocycles. The van der Waals surface area contributed by atoms with E-state index in [1.54, 1.807) is 11.3 Å². The van der Waals surface area contributed by atoms with Gasteiger partial charge in [-0.05, 0) is 44.0 Å². The highest BCUT2D eigenvalue weighted by atomic mass is 32.1. The SMILES string of the molecule is CNC(Cc1ccc(C)c(C)c1)Cc1nccs1. The molecular weight excluding hydrogens is 240 g/mol. The summed E-state index contributed by atoms with van der Waals surface area (Å²) in [6, 6.07) is 7.19. The number of rotatable bonds is 5. The van der Waals surface area contributed by atoms with Gasteiger partial charge in [0.2, 0.25) is 0 Å². The molecule has 2 aromatic rings. The highest BCUT2D eigenvalue weighted by molar-refractivity contribution is 7.09. The van der Waals surface area contributed by atoms with Gasteiger partial charge in [0.25, 0.3) is 0 Å². The summed E-state index contributed by atoms with van der Waals surface area (Å²) >= 11 is 1.73. The van der Waals surface area contributed by atoms with E-state index in [1.807, 2.05) is 18.6 Å². The number of benzene rings is 1. The number of hydrogen-bond acceptors (Lipinski definition) is 3. The summed E-state index contributed by atoms with van der Waals surface area (Å²) in [5.41, 5.74) is 4.13. The van der Waals surface area contributed by atoms with Gasteiger partial charge in [0.1, 0.15) is 0 Å². The first-order valence-electron chi connectivity index (χ1n) is 6.31. The lowest BCUT2D eigenvalue weighted by molar-refractivity contribution is 0.555. The van der Waals surface area contributed by atoms with E-state index in [0.29, 0.717) is 6.04 Å². The Bertz CT molecular complexity index is 491. The van der Waals surface area contributed by atoms with Crippen molar-refractivity contribution in [1.29, 1.82) is 0 Å². The molecule has 1 N–H and O–H groups in total. The maximum atomic E-state index is 4.36. The Morgan fingerprint density at radius 3 is 2.67 bits per heavy atom. The summed E-state index contributed by atoms with van der Waals surface area (Å²) in [4.78, 5) is 4.36. The van der Waals surface area contributed by atoms with E-state index in [-0.39, 0.29) is 0 Å². The molecule has 3 heteroatoms. The number of thiazole rings is 1. The van der Waals surface area contributed by atoms with Crippen LogP contribution in [-0.4, -0.2) is 18.1 Å². The molecular formula is C15H20N2S. The summed E-state index contributed by atoms with van der Waals surface area (Å²) in [6.07, 6.45) is 3.93. The second-order valence-corrected chi connectivity index (χ2v) is 5.72. The number of aryl methyl sites for hydroxylation is 2. The molecule has 0 bridgehead atoms. The molecule has 0 saturated heterocycles. The topological polar surface area (TPSA) is 24.9 Å². The zero-order chi connectivity index (χ0) is 13.0. The first-order chi connectivity index (χ1) is 8.69. The van der Waals surface area contributed by atoms with E-state index >= 15 is 0 Å². The smallest absolute Gasteiger partial charge is 0.0940 e. The van der Waals surface area contributed by atoms with Crippen molar-refractivity contribution in [2.45, 2.75) is 32.7 Å². The Hall–Kier alpha value is -1.19. The predicted molar refractivity (Wildman–Crippen MR) is 78.3 cm³/mol. The fourth-order valence-electron chi connectivity index (χ4n) is 2.06. The largest absolute Gasteiger partial charge is 0.316 e. The van der Waals surface area contributed by atoms with Crippen molar-refractivity contribution in [3.63, 3.8) is 0 Å². The minimum Gasteiger partial charge on any atom is -0.316 e. The third kappa shape index (κ3) is 3.40. The van der Waals surface area contributed by atoms with Crippen molar-refractivity contribution in [3.05, 3.63) is 51.5 Å². The second-order valence-electron chi connectivity index (χ2n) is 4.74. The minimum absolute atomic E-state index is 0.457. The first-order valence-corrected chi connectivity index (χ1v) is 7.18. The van der Waals surface area contributed by atoms with Crippen LogP contribution in [0.15, 0.2) is 29.8 Å². The summed E-state index contributed by atoms with van der Waals surface area (Å²) in [5, 5.41) is 6.64. The fourth-order valence-corrected chi connectivity index (χ4v) is 2.75. The molecule has 1 atom stereocenters. The van der Waals surface area contributed by atoms with Crippen LogP contribution < -0.4 is 5.32 Å². The minimum atomic E-state index is 0.457. The van der Waals surface area contributed by atoms with Crippen LogP contribution in [0.3, 0.4) is 0 Å². The van der Waals surface area contributed by atoms with Crippen molar-refractivity contribution in [1.82, 2.24) is 10.3 Å². The lowest BCUT2D eigenvalue weighted by atomic mass is 9.99. The van der Waals surface area contributed by atoms with E-state index in [2.05, 4.69) is 42.3 Å². The monoisotopic (exact) mass is 260 g/mol. The number of likely N-dealkylation sites (N-methyl/N-ethyl adjacent to an activating group) is 1. The van der Waals surface area contributed by atoms with E-state index in [4.69, 9.17) is 0 Å². The van der Waals surface area contributed by atoms with Gasteiger partial charge in [0, 0.05) is 24.0 Å². The Balaban J connectivity index is 2.03. The molecule has 18 heavy (non-hydrogen) atoms. The predicted octanol–water partition coefficient (Wildman–Crippen LogP) is 3.13. The van der Waals surface area contributed by atoms with Crippen LogP contribution in [0.2, 0.25) is 0 Å². The third-order valence-electron chi connectivity index (χ3n) is 3.37. The lowest BCUT2D eigenvalue weighted by Crippen LogP contribution is -2.29. The summed E-state index contributed by atoms with van der Waals surface area (Å²) < 4.78 is 0. The van der Waals surface area contributed by atoms with Crippen LogP contribution in [0.4, 0.5) is 0 Å². The van der Waals surface area contributed by atoms with Gasteiger partial charge in [0.15, 0.2) is 0 Å². The average molecular weight is 260 g/mol. The Kier molecular flexibility index (Phi) is 4.50. The van der Waals surface area contributed by atoms with Crippen molar-refractivity contribution in [3.8, 4) is 0 Å². The molecule has 0 radical (unpaired) electrons. The van der Waals surface area contributed by atoms with Crippen LogP contribution in [0.5, 0.6) is 0 Å². The Morgan fingerprint density at radius 2 is 2.06 bits per heavy atom. The van der Waals surface area contributed by atoms with Crippen molar-refractivity contribution < 1.29 is 0 Å².